The molecule has 0 N–H and O–H groups in total. The zero-order valence-electron chi connectivity index (χ0n) is 26.0. The molecule has 0 aromatic heterocycles. The van der Waals surface area contributed by atoms with E-state index in [1.807, 2.05) is 26.2 Å². The molecule has 4 aliphatic rings. The Labute approximate surface area is 252 Å². The van der Waals surface area contributed by atoms with Crippen LogP contribution in [-0.2, 0) is 58.9 Å². The maximum atomic E-state index is 11.9. The Kier molecular flexibility index (Phi) is 9.18. The number of fused-ring (bicyclic) bond motifs is 4. The highest BCUT2D eigenvalue weighted by molar-refractivity contribution is 7.00. The standard InChI is InChI=1S/C18H44O14Si9/c1-17(2)18(19)20-15-14-16-34(6)22-36(8)26-38(10)24-35(7,21-33(3,4)5)25-39(11)27-37(9,23-34)29-40(12,28-36)32-41(13,30-38)31-39/h1,14-16H2,2-13H3. The molecule has 4 unspecified atom stereocenters. The molecule has 23 heteroatoms. The van der Waals surface area contributed by atoms with Gasteiger partial charge in [0.05, 0.1) is 6.61 Å². The lowest BCUT2D eigenvalue weighted by molar-refractivity contribution is -0.139. The Hall–Kier alpha value is 0.682. The second-order valence-electron chi connectivity index (χ2n) is 12.5. The molecule has 4 saturated heterocycles. The van der Waals surface area contributed by atoms with E-state index in [0.29, 0.717) is 18.0 Å². The van der Waals surface area contributed by atoms with Crippen LogP contribution in [0.1, 0.15) is 13.3 Å². The van der Waals surface area contributed by atoms with Crippen LogP contribution in [0.25, 0.3) is 0 Å². The minimum atomic E-state index is -3.69. The molecule has 0 aliphatic carbocycles. The van der Waals surface area contributed by atoms with Crippen LogP contribution in [0.5, 0.6) is 0 Å². The number of carbonyl (C=O) groups is 1. The number of hydrogen-bond acceptors (Lipinski definition) is 14. The predicted molar refractivity (Wildman–Crippen MR) is 165 cm³/mol. The first-order valence-electron chi connectivity index (χ1n) is 13.6. The van der Waals surface area contributed by atoms with Crippen LogP contribution in [0.2, 0.25) is 78.1 Å². The van der Waals surface area contributed by atoms with Gasteiger partial charge in [-0.1, -0.05) is 6.58 Å². The summed E-state index contributed by atoms with van der Waals surface area (Å²) in [5.74, 6) is -0.453. The molecule has 0 aromatic rings. The van der Waals surface area contributed by atoms with Crippen molar-refractivity contribution in [2.24, 2.45) is 0 Å². The molecule has 0 spiro atoms. The SMILES string of the molecule is C=C(C)C(=O)OCCC[Si]1(C)O[Si]2(C)O[Si]3(C)O[Si](C)(O[Si](C)(C)C)O[Si]4(C)O[Si](C)(O1)O[Si](C)(O2)O[Si](C)(O3)O4. The summed E-state index contributed by atoms with van der Waals surface area (Å²) in [5.41, 5.74) is 0.329. The van der Waals surface area contributed by atoms with Crippen molar-refractivity contribution >= 4 is 84.5 Å². The van der Waals surface area contributed by atoms with Crippen molar-refractivity contribution in [3.63, 3.8) is 0 Å². The van der Waals surface area contributed by atoms with Gasteiger partial charge in [-0.2, -0.15) is 0 Å². The Balaban J connectivity index is 1.78. The van der Waals surface area contributed by atoms with Crippen LogP contribution < -0.4 is 0 Å². The topological polar surface area (TPSA) is 137 Å². The van der Waals surface area contributed by atoms with Gasteiger partial charge in [0.25, 0.3) is 0 Å². The molecule has 4 aliphatic heterocycles. The lowest BCUT2D eigenvalue weighted by atomic mass is 10.4. The Bertz CT molecular complexity index is 1040. The Morgan fingerprint density at radius 3 is 1.32 bits per heavy atom. The monoisotopic (exact) mass is 736 g/mol. The molecule has 41 heavy (non-hydrogen) atoms. The minimum absolute atomic E-state index is 0.163. The third kappa shape index (κ3) is 8.49. The van der Waals surface area contributed by atoms with E-state index in [0.717, 1.165) is 0 Å². The van der Waals surface area contributed by atoms with Gasteiger partial charge in [0, 0.05) is 51.4 Å². The van der Waals surface area contributed by atoms with Crippen molar-refractivity contribution in [3.8, 4) is 0 Å². The van der Waals surface area contributed by atoms with Gasteiger partial charge in [0.2, 0.25) is 0 Å². The van der Waals surface area contributed by atoms with Crippen LogP contribution in [0.4, 0.5) is 0 Å². The fourth-order valence-corrected chi connectivity index (χ4v) is 54.1. The van der Waals surface area contributed by atoms with Gasteiger partial charge < -0.3 is 54.1 Å². The fraction of sp³-hybridized carbons (Fsp3) is 0.833. The van der Waals surface area contributed by atoms with Gasteiger partial charge in [0.15, 0.2) is 8.32 Å². The van der Waals surface area contributed by atoms with E-state index < -0.39 is 84.5 Å². The van der Waals surface area contributed by atoms with Gasteiger partial charge >= 0.3 is 76.2 Å². The zero-order chi connectivity index (χ0) is 31.0. The van der Waals surface area contributed by atoms with E-state index in [4.69, 9.17) is 54.1 Å². The van der Waals surface area contributed by atoms with Crippen LogP contribution in [-0.4, -0.2) is 91.1 Å². The van der Waals surface area contributed by atoms with Crippen LogP contribution >= 0.6 is 0 Å². The summed E-state index contributed by atoms with van der Waals surface area (Å²) in [6, 6.07) is 0.428. The lowest BCUT2D eigenvalue weighted by Gasteiger charge is -2.58. The Morgan fingerprint density at radius 1 is 0.634 bits per heavy atom. The number of ether oxygens (including phenoxy) is 1. The predicted octanol–water partition coefficient (Wildman–Crippen LogP) is 3.64. The molecule has 14 nitrogen and oxygen atoms in total. The van der Waals surface area contributed by atoms with Gasteiger partial charge in [0.1, 0.15) is 0 Å². The average Bonchev–Trinajstić information content (AvgIpc) is 2.61. The van der Waals surface area contributed by atoms with Crippen molar-refractivity contribution in [1.82, 2.24) is 0 Å². The molecule has 0 amide bonds. The molecule has 0 radical (unpaired) electrons. The fourth-order valence-electron chi connectivity index (χ4n) is 5.61. The third-order valence-corrected chi connectivity index (χ3v) is 44.3. The van der Waals surface area contributed by atoms with Gasteiger partial charge in [-0.05, 0) is 45.6 Å². The van der Waals surface area contributed by atoms with E-state index in [1.54, 1.807) is 52.8 Å². The van der Waals surface area contributed by atoms with Gasteiger partial charge in [-0.25, -0.2) is 4.79 Å². The molecule has 236 valence electrons. The molecule has 6 bridgehead atoms. The summed E-state index contributed by atoms with van der Waals surface area (Å²) in [5, 5.41) is 0. The number of rotatable bonds is 7. The van der Waals surface area contributed by atoms with Crippen molar-refractivity contribution in [1.29, 1.82) is 0 Å². The summed E-state index contributed by atoms with van der Waals surface area (Å²) in [4.78, 5) is 11.9. The lowest BCUT2D eigenvalue weighted by Crippen LogP contribution is -2.82. The number of esters is 1. The molecular weight excluding hydrogens is 693 g/mol. The molecule has 4 atom stereocenters. The summed E-state index contributed by atoms with van der Waals surface area (Å²) >= 11 is 0. The zero-order valence-corrected chi connectivity index (χ0v) is 35.0. The number of carbonyl (C=O) groups excluding carboxylic acids is 1. The summed E-state index contributed by atoms with van der Waals surface area (Å²) in [7, 11) is -30.8. The largest absolute Gasteiger partial charge is 0.475 e. The first-order valence-corrected chi connectivity index (χ1v) is 35.1. The Morgan fingerprint density at radius 2 is 0.976 bits per heavy atom. The molecule has 4 heterocycles. The maximum absolute atomic E-state index is 11.9. The molecule has 0 saturated carbocycles. The highest BCUT2D eigenvalue weighted by Crippen LogP contribution is 2.45. The second kappa shape index (κ2) is 10.9. The van der Waals surface area contributed by atoms with Crippen LogP contribution in [0.3, 0.4) is 0 Å². The van der Waals surface area contributed by atoms with Crippen molar-refractivity contribution in [3.05, 3.63) is 12.2 Å². The van der Waals surface area contributed by atoms with Crippen LogP contribution in [0, 0.1) is 0 Å². The normalized spacial score (nSPS) is 48.3. The molecule has 4 rings (SSSR count). The first-order chi connectivity index (χ1) is 18.3. The summed E-state index contributed by atoms with van der Waals surface area (Å²) in [6.45, 7) is 25.8. The first kappa shape index (κ1) is 34.6. The quantitative estimate of drug-likeness (QED) is 0.163. The number of hydrogen-bond donors (Lipinski definition) is 0. The highest BCUT2D eigenvalue weighted by Gasteiger charge is 2.75. The van der Waals surface area contributed by atoms with Crippen molar-refractivity contribution in [2.75, 3.05) is 6.61 Å². The summed E-state index contributed by atoms with van der Waals surface area (Å²) < 4.78 is 85.9. The molecular formula is C18H44O14Si9. The van der Waals surface area contributed by atoms with Crippen molar-refractivity contribution < 1.29 is 58.9 Å². The summed E-state index contributed by atoms with van der Waals surface area (Å²) in [6.07, 6.45) is 0.464. The maximum Gasteiger partial charge on any atom is 0.475 e. The van der Waals surface area contributed by atoms with E-state index in [2.05, 4.69) is 6.58 Å². The van der Waals surface area contributed by atoms with Gasteiger partial charge in [-0.3, -0.25) is 0 Å². The highest BCUT2D eigenvalue weighted by atomic mass is 28.6. The molecule has 0 aromatic carbocycles. The van der Waals surface area contributed by atoms with Crippen LogP contribution in [0.15, 0.2) is 12.2 Å². The van der Waals surface area contributed by atoms with E-state index in [1.165, 1.54) is 0 Å². The van der Waals surface area contributed by atoms with E-state index >= 15 is 0 Å². The average molecular weight is 737 g/mol. The second-order valence-corrected chi connectivity index (χ2v) is 41.4. The van der Waals surface area contributed by atoms with Crippen molar-refractivity contribution in [2.45, 2.75) is 91.4 Å². The third-order valence-electron chi connectivity index (χ3n) is 5.99. The smallest absolute Gasteiger partial charge is 0.462 e. The van der Waals surface area contributed by atoms with E-state index in [-0.39, 0.29) is 6.61 Å². The van der Waals surface area contributed by atoms with E-state index in [9.17, 15) is 4.79 Å². The van der Waals surface area contributed by atoms with Gasteiger partial charge in [-0.15, -0.1) is 0 Å². The minimum Gasteiger partial charge on any atom is -0.462 e. The molecule has 4 fully saturated rings.